The number of nitro groups is 1. The van der Waals surface area contributed by atoms with Crippen LogP contribution in [0.2, 0.25) is 5.02 Å². The van der Waals surface area contributed by atoms with Crippen LogP contribution >= 0.6 is 11.6 Å². The number of methoxy groups -OCH3 is 2. The van der Waals surface area contributed by atoms with Crippen LogP contribution in [0.4, 0.5) is 21.9 Å². The first-order valence-electron chi connectivity index (χ1n) is 11.6. The zero-order valence-electron chi connectivity index (χ0n) is 20.4. The Morgan fingerprint density at radius 2 is 1.87 bits per heavy atom. The summed E-state index contributed by atoms with van der Waals surface area (Å²) in [5, 5.41) is 14.4. The number of anilines is 2. The Balaban J connectivity index is 1.39. The number of carbonyl (C=O) groups excluding carboxylic acids is 1. The van der Waals surface area contributed by atoms with E-state index < -0.39 is 11.0 Å². The summed E-state index contributed by atoms with van der Waals surface area (Å²) in [6.07, 6.45) is 2.91. The maximum Gasteiger partial charge on any atom is 0.326 e. The molecule has 194 valence electrons. The van der Waals surface area contributed by atoms with E-state index in [0.29, 0.717) is 40.6 Å². The summed E-state index contributed by atoms with van der Waals surface area (Å²) in [4.78, 5) is 33.7. The molecule has 11 nitrogen and oxygen atoms in total. The summed E-state index contributed by atoms with van der Waals surface area (Å²) in [6, 6.07) is 12.5. The highest BCUT2D eigenvalue weighted by Crippen LogP contribution is 2.37. The lowest BCUT2D eigenvalue weighted by Gasteiger charge is -2.30. The number of nitro benzene ring substituents is 1. The Hall–Kier alpha value is -4.64. The van der Waals surface area contributed by atoms with E-state index in [0.717, 1.165) is 24.1 Å². The minimum absolute atomic E-state index is 0.0832. The van der Waals surface area contributed by atoms with Crippen LogP contribution in [-0.2, 0) is 6.42 Å². The number of halogens is 1. The number of hydrogen-bond donors (Lipinski definition) is 1. The summed E-state index contributed by atoms with van der Waals surface area (Å²) in [7, 11) is 3.11. The Kier molecular flexibility index (Phi) is 6.84. The third-order valence-corrected chi connectivity index (χ3v) is 6.45. The summed E-state index contributed by atoms with van der Waals surface area (Å²) in [5.41, 5.74) is 2.43. The molecule has 5 rings (SSSR count). The number of aryl methyl sites for hydroxylation is 1. The number of carbonyl (C=O) groups is 1. The van der Waals surface area contributed by atoms with Gasteiger partial charge >= 0.3 is 6.03 Å². The van der Waals surface area contributed by atoms with Crippen LogP contribution in [0.3, 0.4) is 0 Å². The minimum Gasteiger partial charge on any atom is -0.493 e. The third-order valence-electron chi connectivity index (χ3n) is 6.14. The molecule has 38 heavy (non-hydrogen) atoms. The quantitative estimate of drug-likeness (QED) is 0.235. The zero-order chi connectivity index (χ0) is 26.8. The number of ether oxygens (including phenoxy) is 3. The van der Waals surface area contributed by atoms with E-state index in [4.69, 9.17) is 25.8 Å². The molecule has 0 spiro atoms. The van der Waals surface area contributed by atoms with Gasteiger partial charge in [-0.1, -0.05) is 11.6 Å². The van der Waals surface area contributed by atoms with Gasteiger partial charge < -0.3 is 19.5 Å². The number of nitrogens with zero attached hydrogens (tertiary/aromatic N) is 4. The predicted molar refractivity (Wildman–Crippen MR) is 142 cm³/mol. The van der Waals surface area contributed by atoms with Gasteiger partial charge in [0.05, 0.1) is 40.8 Å². The van der Waals surface area contributed by atoms with E-state index in [9.17, 15) is 14.9 Å². The molecular formula is C26H22ClN5O6. The second kappa shape index (κ2) is 10.4. The van der Waals surface area contributed by atoms with Gasteiger partial charge in [-0.25, -0.2) is 14.8 Å². The monoisotopic (exact) mass is 535 g/mol. The molecule has 1 aromatic heterocycles. The van der Waals surface area contributed by atoms with Crippen LogP contribution in [0.5, 0.6) is 23.1 Å². The van der Waals surface area contributed by atoms with Gasteiger partial charge in [0.15, 0.2) is 11.5 Å². The smallest absolute Gasteiger partial charge is 0.326 e. The van der Waals surface area contributed by atoms with Crippen LogP contribution < -0.4 is 24.4 Å². The van der Waals surface area contributed by atoms with Crippen LogP contribution in [-0.4, -0.2) is 41.7 Å². The van der Waals surface area contributed by atoms with Crippen molar-refractivity contribution in [1.82, 2.24) is 9.97 Å². The van der Waals surface area contributed by atoms with Crippen molar-refractivity contribution in [2.75, 3.05) is 31.0 Å². The van der Waals surface area contributed by atoms with Gasteiger partial charge in [-0.3, -0.25) is 15.0 Å². The number of amides is 2. The maximum atomic E-state index is 13.1. The van der Waals surface area contributed by atoms with Crippen molar-refractivity contribution in [2.24, 2.45) is 0 Å². The average molecular weight is 536 g/mol. The van der Waals surface area contributed by atoms with Crippen LogP contribution in [0.1, 0.15) is 12.0 Å². The molecule has 2 amide bonds. The van der Waals surface area contributed by atoms with Gasteiger partial charge in [0.1, 0.15) is 12.1 Å². The lowest BCUT2D eigenvalue weighted by Crippen LogP contribution is -2.38. The predicted octanol–water partition coefficient (Wildman–Crippen LogP) is 5.99. The highest BCUT2D eigenvalue weighted by molar-refractivity contribution is 6.34. The second-order valence-electron chi connectivity index (χ2n) is 8.40. The molecule has 3 aromatic carbocycles. The molecule has 0 unspecified atom stereocenters. The maximum absolute atomic E-state index is 13.1. The topological polar surface area (TPSA) is 129 Å². The van der Waals surface area contributed by atoms with E-state index in [2.05, 4.69) is 15.3 Å². The SMILES string of the molecule is COc1cc2ncnc(Oc3ccc4c(c3)CCCN4C(=O)Nc3ccc([N+](=O)[O-])cc3Cl)c2cc1OC. The minimum atomic E-state index is -0.546. The number of urea groups is 1. The highest BCUT2D eigenvalue weighted by atomic mass is 35.5. The summed E-state index contributed by atoms with van der Waals surface area (Å²) in [5.74, 6) is 1.99. The standard InChI is InChI=1S/C26H22ClN5O6/c1-36-23-12-18-21(13-24(23)37-2)28-14-29-25(18)38-17-6-8-22-15(10-17)4-3-9-31(22)26(33)30-20-7-5-16(32(34)35)11-19(20)27/h5-8,10-14H,3-4,9H2,1-2H3,(H,30,33). The number of aromatic nitrogens is 2. The first kappa shape index (κ1) is 25.0. The van der Waals surface area contributed by atoms with E-state index >= 15 is 0 Å². The number of fused-ring (bicyclic) bond motifs is 2. The molecule has 1 N–H and O–H groups in total. The molecule has 1 aliphatic heterocycles. The molecule has 4 aromatic rings. The fraction of sp³-hybridized carbons (Fsp3) is 0.192. The largest absolute Gasteiger partial charge is 0.493 e. The normalized spacial score (nSPS) is 12.6. The third kappa shape index (κ3) is 4.83. The fourth-order valence-electron chi connectivity index (χ4n) is 4.30. The number of rotatable bonds is 6. The van der Waals surface area contributed by atoms with Crippen molar-refractivity contribution in [3.63, 3.8) is 0 Å². The molecule has 1 aliphatic rings. The van der Waals surface area contributed by atoms with Gasteiger partial charge in [0.25, 0.3) is 5.69 Å². The Bertz CT molecular complexity index is 1560. The van der Waals surface area contributed by atoms with E-state index in [-0.39, 0.29) is 16.4 Å². The van der Waals surface area contributed by atoms with Gasteiger partial charge in [-0.05, 0) is 48.7 Å². The van der Waals surface area contributed by atoms with Crippen molar-refractivity contribution >= 4 is 45.6 Å². The average Bonchev–Trinajstić information content (AvgIpc) is 2.92. The molecule has 0 radical (unpaired) electrons. The Morgan fingerprint density at radius 1 is 1.08 bits per heavy atom. The van der Waals surface area contributed by atoms with Crippen LogP contribution in [0.25, 0.3) is 10.9 Å². The first-order valence-corrected chi connectivity index (χ1v) is 12.0. The summed E-state index contributed by atoms with van der Waals surface area (Å²) in [6.45, 7) is 0.502. The molecule has 0 bridgehead atoms. The van der Waals surface area contributed by atoms with Crippen LogP contribution in [0, 0.1) is 10.1 Å². The molecule has 0 fully saturated rings. The lowest BCUT2D eigenvalue weighted by atomic mass is 10.0. The van der Waals surface area contributed by atoms with E-state index in [1.165, 1.54) is 24.5 Å². The van der Waals surface area contributed by atoms with Crippen molar-refractivity contribution < 1.29 is 23.9 Å². The van der Waals surface area contributed by atoms with Gasteiger partial charge in [-0.15, -0.1) is 0 Å². The van der Waals surface area contributed by atoms with Crippen molar-refractivity contribution in [2.45, 2.75) is 12.8 Å². The molecule has 0 atom stereocenters. The molecule has 0 saturated heterocycles. The van der Waals surface area contributed by atoms with Gasteiger partial charge in [-0.2, -0.15) is 0 Å². The molecule has 2 heterocycles. The number of hydrogen-bond acceptors (Lipinski definition) is 8. The number of non-ortho nitro benzene ring substituents is 1. The molecule has 12 heteroatoms. The van der Waals surface area contributed by atoms with E-state index in [1.54, 1.807) is 37.3 Å². The second-order valence-corrected chi connectivity index (χ2v) is 8.81. The summed E-state index contributed by atoms with van der Waals surface area (Å²) < 4.78 is 16.9. The van der Waals surface area contributed by atoms with Gasteiger partial charge in [0.2, 0.25) is 5.88 Å². The fourth-order valence-corrected chi connectivity index (χ4v) is 4.52. The van der Waals surface area contributed by atoms with Crippen molar-refractivity contribution in [1.29, 1.82) is 0 Å². The number of benzene rings is 3. The van der Waals surface area contributed by atoms with Crippen LogP contribution in [0.15, 0.2) is 54.9 Å². The van der Waals surface area contributed by atoms with Gasteiger partial charge in [0, 0.05) is 30.4 Å². The van der Waals surface area contributed by atoms with E-state index in [1.807, 2.05) is 12.1 Å². The molecular weight excluding hydrogens is 514 g/mol. The van der Waals surface area contributed by atoms with Crippen molar-refractivity contribution in [3.8, 4) is 23.1 Å². The van der Waals surface area contributed by atoms with Crippen molar-refractivity contribution in [3.05, 3.63) is 75.6 Å². The lowest BCUT2D eigenvalue weighted by molar-refractivity contribution is -0.384. The first-order chi connectivity index (χ1) is 18.4. The highest BCUT2D eigenvalue weighted by Gasteiger charge is 2.24. The Labute approximate surface area is 222 Å². The Morgan fingerprint density at radius 3 is 2.61 bits per heavy atom. The molecule has 0 aliphatic carbocycles. The zero-order valence-corrected chi connectivity index (χ0v) is 21.2. The molecule has 0 saturated carbocycles. The summed E-state index contributed by atoms with van der Waals surface area (Å²) >= 11 is 6.15. The number of nitrogens with one attached hydrogen (secondary N) is 1.